The Labute approximate surface area is 163 Å². The van der Waals surface area contributed by atoms with Crippen LogP contribution >= 0.6 is 0 Å². The van der Waals surface area contributed by atoms with Crippen molar-refractivity contribution in [1.82, 2.24) is 19.1 Å². The number of hydrogen-bond acceptors (Lipinski definition) is 4. The Kier molecular flexibility index (Phi) is 4.80. The van der Waals surface area contributed by atoms with Crippen molar-refractivity contribution in [3.8, 4) is 0 Å². The molecule has 2 N–H and O–H groups in total. The maximum Gasteiger partial charge on any atom is 0.329 e. The first-order chi connectivity index (χ1) is 13.5. The number of rotatable bonds is 4. The summed E-state index contributed by atoms with van der Waals surface area (Å²) in [7, 11) is 1.65. The molecule has 0 atom stereocenters. The van der Waals surface area contributed by atoms with Gasteiger partial charge >= 0.3 is 5.69 Å². The molecule has 3 aromatic rings. The quantitative estimate of drug-likeness (QED) is 0.637. The van der Waals surface area contributed by atoms with Crippen LogP contribution in [0.15, 0.2) is 33.9 Å². The number of benzene rings is 1. The lowest BCUT2D eigenvalue weighted by Crippen LogP contribution is -3.14. The van der Waals surface area contributed by atoms with E-state index in [-0.39, 0.29) is 5.56 Å². The normalized spacial score (nSPS) is 15.5. The van der Waals surface area contributed by atoms with E-state index < -0.39 is 5.69 Å². The lowest BCUT2D eigenvalue weighted by Gasteiger charge is -2.32. The van der Waals surface area contributed by atoms with Gasteiger partial charge in [0.1, 0.15) is 0 Å². The number of aryl methyl sites for hydroxylation is 2. The number of nitrogens with zero attached hydrogens (tertiary/aromatic N) is 4. The summed E-state index contributed by atoms with van der Waals surface area (Å²) in [6.45, 7) is 9.75. The summed E-state index contributed by atoms with van der Waals surface area (Å²) in [5, 5.41) is 0. The molecule has 0 aliphatic carbocycles. The first kappa shape index (κ1) is 18.5. The zero-order chi connectivity index (χ0) is 19.8. The van der Waals surface area contributed by atoms with Crippen molar-refractivity contribution in [1.29, 1.82) is 0 Å². The molecule has 4 rings (SSSR count). The Bertz CT molecular complexity index is 1120. The average Bonchev–Trinajstić information content (AvgIpc) is 3.06. The van der Waals surface area contributed by atoms with Crippen LogP contribution in [-0.4, -0.2) is 51.8 Å². The van der Waals surface area contributed by atoms with E-state index in [0.29, 0.717) is 17.7 Å². The maximum absolute atomic E-state index is 12.7. The van der Waals surface area contributed by atoms with Crippen LogP contribution in [0.4, 0.5) is 5.95 Å². The van der Waals surface area contributed by atoms with Crippen molar-refractivity contribution in [3.05, 3.63) is 56.2 Å². The topological polar surface area (TPSA) is 80.4 Å². The largest absolute Gasteiger partial charge is 0.332 e. The van der Waals surface area contributed by atoms with E-state index in [1.807, 2.05) is 10.6 Å². The van der Waals surface area contributed by atoms with Crippen LogP contribution in [0.5, 0.6) is 0 Å². The van der Waals surface area contributed by atoms with Crippen molar-refractivity contribution in [3.63, 3.8) is 0 Å². The number of imidazole rings is 1. The molecule has 1 saturated heterocycles. The fourth-order valence-corrected chi connectivity index (χ4v) is 3.98. The number of aromatic amines is 1. The number of hydrogen-bond donors (Lipinski definition) is 2. The van der Waals surface area contributed by atoms with Crippen LogP contribution in [0, 0.1) is 6.92 Å². The van der Waals surface area contributed by atoms with Crippen LogP contribution < -0.4 is 21.0 Å². The SMILES string of the molecule is CC[NH+]1CCN(c2nc3c(c(=O)[nH]c(=O)n3C)n2Cc2cccc(C)c2)CC1. The van der Waals surface area contributed by atoms with Crippen LogP contribution in [0.1, 0.15) is 18.1 Å². The van der Waals surface area contributed by atoms with Crippen molar-refractivity contribution in [2.75, 3.05) is 37.6 Å². The monoisotopic (exact) mass is 383 g/mol. The predicted molar refractivity (Wildman–Crippen MR) is 109 cm³/mol. The molecule has 8 nitrogen and oxygen atoms in total. The summed E-state index contributed by atoms with van der Waals surface area (Å²) in [5.41, 5.74) is 2.33. The van der Waals surface area contributed by atoms with Crippen LogP contribution in [-0.2, 0) is 13.6 Å². The zero-order valence-corrected chi connectivity index (χ0v) is 16.7. The van der Waals surface area contributed by atoms with E-state index in [1.165, 1.54) is 10.1 Å². The highest BCUT2D eigenvalue weighted by Crippen LogP contribution is 2.21. The molecule has 0 unspecified atom stereocenters. The minimum atomic E-state index is -0.440. The summed E-state index contributed by atoms with van der Waals surface area (Å²) >= 11 is 0. The second-order valence-corrected chi connectivity index (χ2v) is 7.57. The van der Waals surface area contributed by atoms with Gasteiger partial charge in [-0.2, -0.15) is 4.98 Å². The number of aromatic nitrogens is 4. The molecule has 0 saturated carbocycles. The van der Waals surface area contributed by atoms with Gasteiger partial charge in [-0.1, -0.05) is 29.8 Å². The number of likely N-dealkylation sites (N-methyl/N-ethyl adjacent to an activating group) is 1. The summed E-state index contributed by atoms with van der Waals surface area (Å²) in [6, 6.07) is 8.25. The molecule has 3 heterocycles. The van der Waals surface area contributed by atoms with E-state index in [9.17, 15) is 9.59 Å². The molecule has 0 bridgehead atoms. The lowest BCUT2D eigenvalue weighted by molar-refractivity contribution is -0.898. The molecule has 1 aromatic carbocycles. The van der Waals surface area contributed by atoms with E-state index in [1.54, 1.807) is 11.9 Å². The summed E-state index contributed by atoms with van der Waals surface area (Å²) in [6.07, 6.45) is 0. The van der Waals surface area contributed by atoms with Gasteiger partial charge in [-0.05, 0) is 19.4 Å². The molecule has 148 valence electrons. The van der Waals surface area contributed by atoms with Gasteiger partial charge < -0.3 is 9.80 Å². The van der Waals surface area contributed by atoms with Crippen molar-refractivity contribution in [2.45, 2.75) is 20.4 Å². The lowest BCUT2D eigenvalue weighted by atomic mass is 10.1. The van der Waals surface area contributed by atoms with Gasteiger partial charge in [-0.3, -0.25) is 18.9 Å². The summed E-state index contributed by atoms with van der Waals surface area (Å²) < 4.78 is 3.37. The predicted octanol–water partition coefficient (Wildman–Crippen LogP) is -0.495. The fourth-order valence-electron chi connectivity index (χ4n) is 3.98. The van der Waals surface area contributed by atoms with Gasteiger partial charge in [0.05, 0.1) is 39.3 Å². The Morgan fingerprint density at radius 3 is 2.64 bits per heavy atom. The minimum absolute atomic E-state index is 0.387. The minimum Gasteiger partial charge on any atom is -0.332 e. The second kappa shape index (κ2) is 7.27. The molecule has 1 aliphatic heterocycles. The van der Waals surface area contributed by atoms with Gasteiger partial charge in [-0.25, -0.2) is 4.79 Å². The molecule has 8 heteroatoms. The third-order valence-corrected chi connectivity index (χ3v) is 5.66. The molecular weight excluding hydrogens is 356 g/mol. The molecule has 1 fully saturated rings. The first-order valence-electron chi connectivity index (χ1n) is 9.81. The third-order valence-electron chi connectivity index (χ3n) is 5.66. The molecule has 0 amide bonds. The van der Waals surface area contributed by atoms with Gasteiger partial charge in [0, 0.05) is 7.05 Å². The van der Waals surface area contributed by atoms with E-state index in [4.69, 9.17) is 4.98 Å². The maximum atomic E-state index is 12.7. The highest BCUT2D eigenvalue weighted by Gasteiger charge is 2.26. The smallest absolute Gasteiger partial charge is 0.329 e. The molecule has 28 heavy (non-hydrogen) atoms. The Hall–Kier alpha value is -2.87. The Balaban J connectivity index is 1.86. The number of piperazine rings is 1. The van der Waals surface area contributed by atoms with E-state index in [0.717, 1.165) is 44.2 Å². The van der Waals surface area contributed by atoms with Crippen LogP contribution in [0.3, 0.4) is 0 Å². The number of H-pyrrole nitrogens is 1. The summed E-state index contributed by atoms with van der Waals surface area (Å²) in [4.78, 5) is 35.7. The number of anilines is 1. The van der Waals surface area contributed by atoms with Crippen LogP contribution in [0.2, 0.25) is 0 Å². The standard InChI is InChI=1S/C20H26N6O2/c1-4-24-8-10-25(11-9-24)19-21-17-16(18(27)22-20(28)23(17)3)26(19)13-15-7-5-6-14(2)12-15/h5-7,12H,4,8-11,13H2,1-3H3,(H,22,27,28)/p+1. The first-order valence-corrected chi connectivity index (χ1v) is 9.81. The van der Waals surface area contributed by atoms with E-state index >= 15 is 0 Å². The van der Waals surface area contributed by atoms with Gasteiger partial charge in [0.15, 0.2) is 11.2 Å². The van der Waals surface area contributed by atoms with Gasteiger partial charge in [-0.15, -0.1) is 0 Å². The van der Waals surface area contributed by atoms with E-state index in [2.05, 4.69) is 41.9 Å². The molecular formula is C20H27N6O2+. The number of nitrogens with one attached hydrogen (secondary N) is 2. The molecule has 1 aliphatic rings. The van der Waals surface area contributed by atoms with Gasteiger partial charge in [0.25, 0.3) is 5.56 Å². The van der Waals surface area contributed by atoms with Crippen molar-refractivity contribution in [2.24, 2.45) is 7.05 Å². The number of fused-ring (bicyclic) bond motifs is 1. The molecule has 2 aromatic heterocycles. The highest BCUT2D eigenvalue weighted by molar-refractivity contribution is 5.74. The highest BCUT2D eigenvalue weighted by atomic mass is 16.2. The average molecular weight is 383 g/mol. The Morgan fingerprint density at radius 1 is 1.21 bits per heavy atom. The van der Waals surface area contributed by atoms with Crippen LogP contribution in [0.25, 0.3) is 11.2 Å². The van der Waals surface area contributed by atoms with Gasteiger partial charge in [0.2, 0.25) is 5.95 Å². The fraction of sp³-hybridized carbons (Fsp3) is 0.450. The third kappa shape index (κ3) is 3.24. The Morgan fingerprint density at radius 2 is 1.96 bits per heavy atom. The summed E-state index contributed by atoms with van der Waals surface area (Å²) in [5.74, 6) is 0.762. The number of quaternary nitrogens is 1. The second-order valence-electron chi connectivity index (χ2n) is 7.57. The van der Waals surface area contributed by atoms with Crippen molar-refractivity contribution >= 4 is 17.1 Å². The molecule has 0 spiro atoms. The van der Waals surface area contributed by atoms with Crippen molar-refractivity contribution < 1.29 is 4.90 Å². The molecule has 0 radical (unpaired) electrons. The zero-order valence-electron chi connectivity index (χ0n) is 16.7.